The molecule has 2 aromatic rings. The molecule has 0 spiro atoms. The Morgan fingerprint density at radius 1 is 0.725 bits per heavy atom. The fourth-order valence-electron chi connectivity index (χ4n) is 3.63. The van der Waals surface area contributed by atoms with Crippen molar-refractivity contribution in [2.45, 2.75) is 56.5 Å². The van der Waals surface area contributed by atoms with E-state index in [1.807, 2.05) is 0 Å². The molecule has 5 unspecified atom stereocenters. The smallest absolute Gasteiger partial charge is 0.326 e. The summed E-state index contributed by atoms with van der Waals surface area (Å²) < 4.78 is 0. The summed E-state index contributed by atoms with van der Waals surface area (Å²) in [5.74, 6) is -5.96. The van der Waals surface area contributed by atoms with Gasteiger partial charge in [-0.3, -0.25) is 19.2 Å². The van der Waals surface area contributed by atoms with Crippen molar-refractivity contribution in [2.24, 2.45) is 5.73 Å². The van der Waals surface area contributed by atoms with Crippen molar-refractivity contribution >= 4 is 29.7 Å². The molecule has 0 aliphatic rings. The number of carbonyl (C=O) groups is 5. The molecule has 0 aliphatic carbocycles. The largest absolute Gasteiger partial charge is 0.508 e. The normalized spacial score (nSPS) is 14.6. The third-order valence-corrected chi connectivity index (χ3v) is 5.79. The molecule has 3 amide bonds. The van der Waals surface area contributed by atoms with Gasteiger partial charge in [0.15, 0.2) is 0 Å². The topological polar surface area (TPSA) is 249 Å². The van der Waals surface area contributed by atoms with Crippen molar-refractivity contribution in [1.82, 2.24) is 16.0 Å². The van der Waals surface area contributed by atoms with Crippen LogP contribution in [0.2, 0.25) is 0 Å². The lowest BCUT2D eigenvalue weighted by Crippen LogP contribution is -2.60. The SMILES string of the molecule is CC(O)C(NC(=O)C(CC(=O)O)NC(=O)C(N)Cc1ccc(O)cc1)C(=O)NC(Cc1ccc(O)cc1)C(=O)O. The minimum atomic E-state index is -1.70. The van der Waals surface area contributed by atoms with Gasteiger partial charge in [-0.1, -0.05) is 24.3 Å². The summed E-state index contributed by atoms with van der Waals surface area (Å²) in [6.45, 7) is 1.15. The van der Waals surface area contributed by atoms with Crippen LogP contribution in [0.1, 0.15) is 24.5 Å². The van der Waals surface area contributed by atoms with Gasteiger partial charge in [0, 0.05) is 6.42 Å². The van der Waals surface area contributed by atoms with E-state index in [-0.39, 0.29) is 24.3 Å². The number of aliphatic carboxylic acids is 2. The molecule has 14 nitrogen and oxygen atoms in total. The number of benzene rings is 2. The number of nitrogens with two attached hydrogens (primary N) is 1. The van der Waals surface area contributed by atoms with E-state index >= 15 is 0 Å². The van der Waals surface area contributed by atoms with Crippen molar-refractivity contribution in [3.05, 3.63) is 59.7 Å². The second kappa shape index (κ2) is 14.5. The molecule has 2 rings (SSSR count). The zero-order valence-electron chi connectivity index (χ0n) is 21.5. The Morgan fingerprint density at radius 3 is 1.65 bits per heavy atom. The highest BCUT2D eigenvalue weighted by molar-refractivity contribution is 5.96. The maximum absolute atomic E-state index is 12.9. The summed E-state index contributed by atoms with van der Waals surface area (Å²) in [5.41, 5.74) is 6.95. The number of hydrogen-bond donors (Lipinski definition) is 9. The van der Waals surface area contributed by atoms with Gasteiger partial charge >= 0.3 is 11.9 Å². The lowest BCUT2D eigenvalue weighted by molar-refractivity contribution is -0.144. The standard InChI is InChI=1S/C26H32N4O10/c1-13(31)22(25(38)29-20(26(39)40)11-15-4-8-17(33)9-5-15)30-24(37)19(12-21(34)35)28-23(36)18(27)10-14-2-6-16(32)7-3-14/h2-9,13,18-20,22,31-33H,10-12,27H2,1H3,(H,28,36)(H,29,38)(H,30,37)(H,34,35)(H,39,40). The van der Waals surface area contributed by atoms with E-state index in [1.165, 1.54) is 48.5 Å². The molecule has 0 aliphatic heterocycles. The van der Waals surface area contributed by atoms with E-state index in [9.17, 15) is 49.5 Å². The average Bonchev–Trinajstić information content (AvgIpc) is 2.88. The van der Waals surface area contributed by atoms with Crippen LogP contribution in [0.4, 0.5) is 0 Å². The van der Waals surface area contributed by atoms with Crippen LogP contribution in [0.25, 0.3) is 0 Å². The van der Waals surface area contributed by atoms with Crippen molar-refractivity contribution < 1.29 is 49.5 Å². The number of rotatable bonds is 14. The predicted octanol–water partition coefficient (Wildman–Crippen LogP) is -1.40. The molecule has 5 atom stereocenters. The van der Waals surface area contributed by atoms with Gasteiger partial charge in [0.1, 0.15) is 29.6 Å². The monoisotopic (exact) mass is 560 g/mol. The Bertz CT molecular complexity index is 1200. The summed E-state index contributed by atoms with van der Waals surface area (Å²) in [6.07, 6.45) is -2.59. The first-order valence-corrected chi connectivity index (χ1v) is 12.1. The highest BCUT2D eigenvalue weighted by Gasteiger charge is 2.33. The number of aliphatic hydroxyl groups is 1. The number of carboxylic acid groups (broad SMARTS) is 2. The summed E-state index contributed by atoms with van der Waals surface area (Å²) in [7, 11) is 0. The van der Waals surface area contributed by atoms with Gasteiger partial charge in [-0.05, 0) is 48.7 Å². The molecular formula is C26H32N4O10. The first kappa shape index (κ1) is 31.5. The zero-order chi connectivity index (χ0) is 30.0. The van der Waals surface area contributed by atoms with Crippen LogP contribution in [-0.2, 0) is 36.8 Å². The second-order valence-electron chi connectivity index (χ2n) is 9.13. The molecule has 216 valence electrons. The lowest BCUT2D eigenvalue weighted by Gasteiger charge is -2.26. The van der Waals surface area contributed by atoms with E-state index in [0.717, 1.165) is 6.92 Å². The maximum atomic E-state index is 12.9. The minimum absolute atomic E-state index is 0.00381. The Balaban J connectivity index is 2.10. The molecule has 0 fully saturated rings. The van der Waals surface area contributed by atoms with Crippen LogP contribution < -0.4 is 21.7 Å². The molecule has 0 aromatic heterocycles. The van der Waals surface area contributed by atoms with Gasteiger partial charge in [0.25, 0.3) is 0 Å². The highest BCUT2D eigenvalue weighted by Crippen LogP contribution is 2.13. The first-order valence-electron chi connectivity index (χ1n) is 12.1. The Morgan fingerprint density at radius 2 is 1.20 bits per heavy atom. The van der Waals surface area contributed by atoms with Crippen molar-refractivity contribution in [2.75, 3.05) is 0 Å². The van der Waals surface area contributed by atoms with Crippen LogP contribution >= 0.6 is 0 Å². The summed E-state index contributed by atoms with van der Waals surface area (Å²) in [6, 6.07) is 5.37. The molecule has 0 heterocycles. The van der Waals surface area contributed by atoms with Gasteiger partial charge in [0.05, 0.1) is 18.6 Å². The van der Waals surface area contributed by atoms with E-state index < -0.39 is 66.4 Å². The Kier molecular flexibility index (Phi) is 11.4. The van der Waals surface area contributed by atoms with Crippen LogP contribution in [0.15, 0.2) is 48.5 Å². The van der Waals surface area contributed by atoms with E-state index in [0.29, 0.717) is 11.1 Å². The molecule has 0 radical (unpaired) electrons. The summed E-state index contributed by atoms with van der Waals surface area (Å²) >= 11 is 0. The molecule has 0 saturated heterocycles. The third kappa shape index (κ3) is 9.89. The van der Waals surface area contributed by atoms with Crippen molar-refractivity contribution in [1.29, 1.82) is 0 Å². The van der Waals surface area contributed by atoms with Crippen molar-refractivity contribution in [3.63, 3.8) is 0 Å². The third-order valence-electron chi connectivity index (χ3n) is 5.79. The number of aromatic hydroxyl groups is 2. The molecule has 0 saturated carbocycles. The number of nitrogens with one attached hydrogen (secondary N) is 3. The molecule has 14 heteroatoms. The summed E-state index contributed by atoms with van der Waals surface area (Å²) in [4.78, 5) is 61.5. The fourth-order valence-corrected chi connectivity index (χ4v) is 3.63. The number of amides is 3. The van der Waals surface area contributed by atoms with E-state index in [4.69, 9.17) is 5.73 Å². The van der Waals surface area contributed by atoms with Gasteiger partial charge in [-0.15, -0.1) is 0 Å². The summed E-state index contributed by atoms with van der Waals surface area (Å²) in [5, 5.41) is 54.3. The average molecular weight is 561 g/mol. The minimum Gasteiger partial charge on any atom is -0.508 e. The number of carboxylic acids is 2. The van der Waals surface area contributed by atoms with Crippen LogP contribution in [0.3, 0.4) is 0 Å². The Labute approximate surface area is 228 Å². The maximum Gasteiger partial charge on any atom is 0.326 e. The van der Waals surface area contributed by atoms with Crippen molar-refractivity contribution in [3.8, 4) is 11.5 Å². The van der Waals surface area contributed by atoms with Gasteiger partial charge in [-0.2, -0.15) is 0 Å². The molecule has 40 heavy (non-hydrogen) atoms. The molecular weight excluding hydrogens is 528 g/mol. The predicted molar refractivity (Wildman–Crippen MR) is 139 cm³/mol. The van der Waals surface area contributed by atoms with Crippen LogP contribution in [0.5, 0.6) is 11.5 Å². The van der Waals surface area contributed by atoms with E-state index in [2.05, 4.69) is 16.0 Å². The molecule has 2 aromatic carbocycles. The quantitative estimate of drug-likeness (QED) is 0.130. The number of phenolic OH excluding ortho intramolecular Hbond substituents is 2. The van der Waals surface area contributed by atoms with Gasteiger partial charge < -0.3 is 47.2 Å². The zero-order valence-corrected chi connectivity index (χ0v) is 21.5. The number of carbonyl (C=O) groups excluding carboxylic acids is 3. The first-order chi connectivity index (χ1) is 18.8. The lowest BCUT2D eigenvalue weighted by atomic mass is 10.0. The number of hydrogen-bond acceptors (Lipinski definition) is 9. The number of phenols is 2. The molecule has 0 bridgehead atoms. The Hall–Kier alpha value is -4.69. The van der Waals surface area contributed by atoms with Crippen LogP contribution in [-0.4, -0.2) is 85.5 Å². The van der Waals surface area contributed by atoms with Gasteiger partial charge in [-0.25, -0.2) is 4.79 Å². The number of aliphatic hydroxyl groups excluding tert-OH is 1. The van der Waals surface area contributed by atoms with Gasteiger partial charge in [0.2, 0.25) is 17.7 Å². The van der Waals surface area contributed by atoms with Crippen LogP contribution in [0, 0.1) is 0 Å². The van der Waals surface area contributed by atoms with E-state index in [1.54, 1.807) is 0 Å². The molecule has 10 N–H and O–H groups in total. The fraction of sp³-hybridized carbons (Fsp3) is 0.346. The highest BCUT2D eigenvalue weighted by atomic mass is 16.4. The second-order valence-corrected chi connectivity index (χ2v) is 9.13.